The predicted octanol–water partition coefficient (Wildman–Crippen LogP) is 3.55. The molecular formula is C17H19NO3. The van der Waals surface area contributed by atoms with Crippen molar-refractivity contribution in [3.05, 3.63) is 48.0 Å². The quantitative estimate of drug-likeness (QED) is 0.882. The number of rotatable bonds is 5. The van der Waals surface area contributed by atoms with Crippen molar-refractivity contribution < 1.29 is 14.6 Å². The first-order chi connectivity index (χ1) is 10.2. The Morgan fingerprint density at radius 1 is 1.14 bits per heavy atom. The Kier molecular flexibility index (Phi) is 3.86. The van der Waals surface area contributed by atoms with Gasteiger partial charge in [0.15, 0.2) is 11.5 Å². The molecule has 2 aromatic rings. The molecule has 0 spiro atoms. The summed E-state index contributed by atoms with van der Waals surface area (Å²) in [5, 5.41) is 12.8. The zero-order valence-corrected chi connectivity index (χ0v) is 12.0. The van der Waals surface area contributed by atoms with Crippen LogP contribution in [0, 0.1) is 0 Å². The van der Waals surface area contributed by atoms with Gasteiger partial charge in [0.1, 0.15) is 5.75 Å². The summed E-state index contributed by atoms with van der Waals surface area (Å²) < 4.78 is 10.7. The standard InChI is InChI=1S/C17H19NO3/c1-12(18-14-3-2-4-15(19)10-14)5-6-13-7-8-16-17(9-13)21-11-20-16/h2-4,7-10,12,18-19H,5-6,11H2,1H3. The Labute approximate surface area is 124 Å². The first-order valence-corrected chi connectivity index (χ1v) is 7.15. The van der Waals surface area contributed by atoms with Crippen LogP contribution < -0.4 is 14.8 Å². The average Bonchev–Trinajstić information content (AvgIpc) is 2.92. The number of ether oxygens (including phenoxy) is 2. The van der Waals surface area contributed by atoms with Gasteiger partial charge in [0.25, 0.3) is 0 Å². The summed E-state index contributed by atoms with van der Waals surface area (Å²) in [6.07, 6.45) is 1.96. The summed E-state index contributed by atoms with van der Waals surface area (Å²) in [7, 11) is 0. The van der Waals surface area contributed by atoms with Gasteiger partial charge in [-0.05, 0) is 49.6 Å². The molecule has 21 heavy (non-hydrogen) atoms. The van der Waals surface area contributed by atoms with Crippen LogP contribution in [0.4, 0.5) is 5.69 Å². The molecule has 4 heteroatoms. The fraction of sp³-hybridized carbons (Fsp3) is 0.294. The highest BCUT2D eigenvalue weighted by Gasteiger charge is 2.13. The smallest absolute Gasteiger partial charge is 0.231 e. The van der Waals surface area contributed by atoms with E-state index in [0.717, 1.165) is 30.0 Å². The summed E-state index contributed by atoms with van der Waals surface area (Å²) in [4.78, 5) is 0. The second-order valence-corrected chi connectivity index (χ2v) is 5.32. The third-order valence-electron chi connectivity index (χ3n) is 3.56. The Balaban J connectivity index is 1.55. The third-order valence-corrected chi connectivity index (χ3v) is 3.56. The van der Waals surface area contributed by atoms with E-state index >= 15 is 0 Å². The van der Waals surface area contributed by atoms with E-state index in [2.05, 4.69) is 18.3 Å². The minimum atomic E-state index is 0.281. The molecule has 1 atom stereocenters. The van der Waals surface area contributed by atoms with Gasteiger partial charge in [0.2, 0.25) is 6.79 Å². The minimum absolute atomic E-state index is 0.281. The minimum Gasteiger partial charge on any atom is -0.508 e. The van der Waals surface area contributed by atoms with Crippen LogP contribution in [0.2, 0.25) is 0 Å². The summed E-state index contributed by atoms with van der Waals surface area (Å²) in [6, 6.07) is 13.6. The van der Waals surface area contributed by atoms with Gasteiger partial charge in [0, 0.05) is 17.8 Å². The van der Waals surface area contributed by atoms with Crippen molar-refractivity contribution >= 4 is 5.69 Å². The van der Waals surface area contributed by atoms with E-state index in [4.69, 9.17) is 9.47 Å². The van der Waals surface area contributed by atoms with E-state index in [9.17, 15) is 5.11 Å². The number of nitrogens with one attached hydrogen (secondary N) is 1. The van der Waals surface area contributed by atoms with Crippen LogP contribution in [0.3, 0.4) is 0 Å². The zero-order chi connectivity index (χ0) is 14.7. The van der Waals surface area contributed by atoms with E-state index in [1.165, 1.54) is 5.56 Å². The number of phenols is 1. The maximum atomic E-state index is 9.46. The molecule has 0 saturated heterocycles. The normalized spacial score (nSPS) is 14.0. The van der Waals surface area contributed by atoms with E-state index in [1.54, 1.807) is 12.1 Å². The Hall–Kier alpha value is -2.36. The number of benzene rings is 2. The number of aromatic hydroxyl groups is 1. The fourth-order valence-corrected chi connectivity index (χ4v) is 2.43. The monoisotopic (exact) mass is 285 g/mol. The molecule has 1 aliphatic heterocycles. The molecule has 0 aromatic heterocycles. The lowest BCUT2D eigenvalue weighted by atomic mass is 10.1. The van der Waals surface area contributed by atoms with Crippen molar-refractivity contribution in [1.82, 2.24) is 0 Å². The van der Waals surface area contributed by atoms with Crippen molar-refractivity contribution in [1.29, 1.82) is 0 Å². The van der Waals surface area contributed by atoms with Crippen LogP contribution in [0.25, 0.3) is 0 Å². The number of fused-ring (bicyclic) bond motifs is 1. The van der Waals surface area contributed by atoms with Gasteiger partial charge in [-0.25, -0.2) is 0 Å². The first kappa shape index (κ1) is 13.6. The Morgan fingerprint density at radius 3 is 2.86 bits per heavy atom. The molecule has 1 heterocycles. The lowest BCUT2D eigenvalue weighted by molar-refractivity contribution is 0.174. The van der Waals surface area contributed by atoms with Crippen LogP contribution in [0.15, 0.2) is 42.5 Å². The summed E-state index contributed by atoms with van der Waals surface area (Å²) in [5.41, 5.74) is 2.18. The van der Waals surface area contributed by atoms with Gasteiger partial charge in [-0.15, -0.1) is 0 Å². The van der Waals surface area contributed by atoms with E-state index < -0.39 is 0 Å². The van der Waals surface area contributed by atoms with E-state index in [0.29, 0.717) is 12.8 Å². The molecule has 2 aromatic carbocycles. The van der Waals surface area contributed by atoms with Gasteiger partial charge in [-0.1, -0.05) is 12.1 Å². The predicted molar refractivity (Wildman–Crippen MR) is 82.1 cm³/mol. The van der Waals surface area contributed by atoms with Crippen LogP contribution in [-0.2, 0) is 6.42 Å². The van der Waals surface area contributed by atoms with Crippen LogP contribution >= 0.6 is 0 Å². The molecule has 0 fully saturated rings. The molecule has 4 nitrogen and oxygen atoms in total. The fourth-order valence-electron chi connectivity index (χ4n) is 2.43. The van der Waals surface area contributed by atoms with Gasteiger partial charge in [-0.3, -0.25) is 0 Å². The molecule has 110 valence electrons. The second-order valence-electron chi connectivity index (χ2n) is 5.32. The van der Waals surface area contributed by atoms with Gasteiger partial charge in [-0.2, -0.15) is 0 Å². The van der Waals surface area contributed by atoms with Crippen LogP contribution in [0.1, 0.15) is 18.9 Å². The lowest BCUT2D eigenvalue weighted by Crippen LogP contribution is -2.15. The maximum Gasteiger partial charge on any atom is 0.231 e. The molecule has 3 rings (SSSR count). The molecule has 0 aliphatic carbocycles. The van der Waals surface area contributed by atoms with Crippen molar-refractivity contribution in [2.75, 3.05) is 12.1 Å². The number of aryl methyl sites for hydroxylation is 1. The average molecular weight is 285 g/mol. The SMILES string of the molecule is CC(CCc1ccc2c(c1)OCO2)Nc1cccc(O)c1. The molecular weight excluding hydrogens is 266 g/mol. The zero-order valence-electron chi connectivity index (χ0n) is 12.0. The highest BCUT2D eigenvalue weighted by Crippen LogP contribution is 2.32. The van der Waals surface area contributed by atoms with Crippen molar-refractivity contribution in [2.24, 2.45) is 0 Å². The van der Waals surface area contributed by atoms with Gasteiger partial charge in [0.05, 0.1) is 0 Å². The molecule has 1 aliphatic rings. The summed E-state index contributed by atoms with van der Waals surface area (Å²) in [6.45, 7) is 2.45. The van der Waals surface area contributed by atoms with Gasteiger partial charge >= 0.3 is 0 Å². The Morgan fingerprint density at radius 2 is 2.00 bits per heavy atom. The van der Waals surface area contributed by atoms with E-state index in [1.807, 2.05) is 24.3 Å². The topological polar surface area (TPSA) is 50.7 Å². The number of phenolic OH excluding ortho intramolecular Hbond substituents is 1. The molecule has 2 N–H and O–H groups in total. The van der Waals surface area contributed by atoms with Crippen molar-refractivity contribution in [3.8, 4) is 17.2 Å². The number of hydrogen-bond acceptors (Lipinski definition) is 4. The number of hydrogen-bond donors (Lipinski definition) is 2. The summed E-state index contributed by atoms with van der Waals surface area (Å²) in [5.74, 6) is 1.94. The first-order valence-electron chi connectivity index (χ1n) is 7.15. The van der Waals surface area contributed by atoms with Gasteiger partial charge < -0.3 is 19.9 Å². The van der Waals surface area contributed by atoms with E-state index in [-0.39, 0.29) is 5.75 Å². The molecule has 0 saturated carbocycles. The molecule has 0 radical (unpaired) electrons. The highest BCUT2D eigenvalue weighted by molar-refractivity contribution is 5.48. The lowest BCUT2D eigenvalue weighted by Gasteiger charge is -2.15. The van der Waals surface area contributed by atoms with Crippen LogP contribution in [0.5, 0.6) is 17.2 Å². The number of anilines is 1. The summed E-state index contributed by atoms with van der Waals surface area (Å²) >= 11 is 0. The largest absolute Gasteiger partial charge is 0.508 e. The third kappa shape index (κ3) is 3.40. The van der Waals surface area contributed by atoms with Crippen molar-refractivity contribution in [3.63, 3.8) is 0 Å². The second kappa shape index (κ2) is 5.95. The molecule has 0 amide bonds. The maximum absolute atomic E-state index is 9.46. The van der Waals surface area contributed by atoms with Crippen LogP contribution in [-0.4, -0.2) is 17.9 Å². The highest BCUT2D eigenvalue weighted by atomic mass is 16.7. The Bertz CT molecular complexity index is 627. The molecule has 0 bridgehead atoms. The van der Waals surface area contributed by atoms with Crippen molar-refractivity contribution in [2.45, 2.75) is 25.8 Å². The molecule has 1 unspecified atom stereocenters.